The van der Waals surface area contributed by atoms with Gasteiger partial charge in [-0.05, 0) is 6.08 Å². The minimum atomic E-state index is -0.647. The molecule has 0 fully saturated rings. The van der Waals surface area contributed by atoms with Gasteiger partial charge in [-0.25, -0.2) is 9.79 Å². The van der Waals surface area contributed by atoms with E-state index in [4.69, 9.17) is 0 Å². The normalized spacial score (nSPS) is 8.00. The van der Waals surface area contributed by atoms with E-state index >= 15 is 0 Å². The molecule has 4 nitrogen and oxygen atoms in total. The number of isocyanates is 1. The van der Waals surface area contributed by atoms with E-state index in [1.54, 1.807) is 0 Å². The molecule has 0 saturated heterocycles. The number of allylic oxidation sites excluding steroid dienone is 1. The Kier molecular flexibility index (Phi) is 4.52. The summed E-state index contributed by atoms with van der Waals surface area (Å²) < 4.78 is 0. The number of aliphatic imine (C=N–C) groups is 1. The van der Waals surface area contributed by atoms with Gasteiger partial charge in [-0.1, -0.05) is 6.58 Å². The number of ketones is 2. The van der Waals surface area contributed by atoms with Crippen molar-refractivity contribution in [1.29, 1.82) is 0 Å². The van der Waals surface area contributed by atoms with E-state index in [1.165, 1.54) is 6.08 Å². The molecule has 0 aliphatic rings. The van der Waals surface area contributed by atoms with Crippen LogP contribution < -0.4 is 0 Å². The third kappa shape index (κ3) is 3.95. The van der Waals surface area contributed by atoms with Crippen LogP contribution >= 0.6 is 0 Å². The van der Waals surface area contributed by atoms with E-state index in [2.05, 4.69) is 11.6 Å². The quantitative estimate of drug-likeness (QED) is 0.242. The molecule has 0 aromatic rings. The molecule has 0 spiro atoms. The van der Waals surface area contributed by atoms with Crippen LogP contribution in [-0.2, 0) is 14.4 Å². The molecule has 0 unspecified atom stereocenters. The third-order valence-electron chi connectivity index (χ3n) is 0.975. The molecule has 4 heteroatoms. The number of Topliss-reactive ketones (excluding diaryl/α,β-unsaturated/α-hetero) is 1. The van der Waals surface area contributed by atoms with E-state index in [1.807, 2.05) is 0 Å². The lowest BCUT2D eigenvalue weighted by Gasteiger charge is -1.88. The molecular formula is C7H7NO3. The van der Waals surface area contributed by atoms with Crippen molar-refractivity contribution in [2.24, 2.45) is 4.99 Å². The highest BCUT2D eigenvalue weighted by Gasteiger charge is 2.07. The second kappa shape index (κ2) is 5.26. The summed E-state index contributed by atoms with van der Waals surface area (Å²) in [6.07, 6.45) is 2.15. The Bertz CT molecular complexity index is 226. The maximum Gasteiger partial charge on any atom is 0.234 e. The van der Waals surface area contributed by atoms with Gasteiger partial charge in [-0.15, -0.1) is 0 Å². The van der Waals surface area contributed by atoms with Crippen molar-refractivity contribution in [2.45, 2.75) is 6.42 Å². The van der Waals surface area contributed by atoms with Gasteiger partial charge in [-0.2, -0.15) is 0 Å². The van der Waals surface area contributed by atoms with Crippen molar-refractivity contribution in [2.75, 3.05) is 6.54 Å². The fraction of sp³-hybridized carbons (Fsp3) is 0.286. The standard InChI is InChI=1S/C7H7NO3/c1-2-6(10)7(11)3-4-8-5-9/h2H,1,3-4H2. The van der Waals surface area contributed by atoms with E-state index in [-0.39, 0.29) is 13.0 Å². The van der Waals surface area contributed by atoms with Crippen LogP contribution in [0.25, 0.3) is 0 Å². The molecule has 58 valence electrons. The summed E-state index contributed by atoms with van der Waals surface area (Å²) in [7, 11) is 0. The minimum Gasteiger partial charge on any atom is -0.290 e. The molecule has 0 heterocycles. The molecule has 0 aliphatic heterocycles. The number of carbonyl (C=O) groups excluding carboxylic acids is 3. The molecule has 0 aromatic carbocycles. The Morgan fingerprint density at radius 1 is 1.55 bits per heavy atom. The second-order valence-electron chi connectivity index (χ2n) is 1.71. The fourth-order valence-electron chi connectivity index (χ4n) is 0.440. The maximum atomic E-state index is 10.6. The van der Waals surface area contributed by atoms with E-state index in [0.29, 0.717) is 0 Å². The average Bonchev–Trinajstić information content (AvgIpc) is 2.03. The molecule has 0 bridgehead atoms. The summed E-state index contributed by atoms with van der Waals surface area (Å²) in [6.45, 7) is 3.15. The van der Waals surface area contributed by atoms with Crippen molar-refractivity contribution >= 4 is 17.6 Å². The van der Waals surface area contributed by atoms with Gasteiger partial charge in [0.05, 0.1) is 6.54 Å². The molecule has 0 aliphatic carbocycles. The van der Waals surface area contributed by atoms with Crippen molar-refractivity contribution in [3.05, 3.63) is 12.7 Å². The second-order valence-corrected chi connectivity index (χ2v) is 1.71. The predicted molar refractivity (Wildman–Crippen MR) is 37.8 cm³/mol. The van der Waals surface area contributed by atoms with Crippen LogP contribution in [0.4, 0.5) is 0 Å². The highest BCUT2D eigenvalue weighted by molar-refractivity contribution is 6.41. The van der Waals surface area contributed by atoms with Crippen LogP contribution in [0, 0.1) is 0 Å². The van der Waals surface area contributed by atoms with Crippen molar-refractivity contribution < 1.29 is 14.4 Å². The minimum absolute atomic E-state index is 0.0158. The number of nitrogens with zero attached hydrogens (tertiary/aromatic N) is 1. The van der Waals surface area contributed by atoms with Gasteiger partial charge in [0.2, 0.25) is 17.6 Å². The maximum absolute atomic E-state index is 10.6. The van der Waals surface area contributed by atoms with E-state index in [0.717, 1.165) is 6.08 Å². The SMILES string of the molecule is C=CC(=O)C(=O)CCN=C=O. The summed E-state index contributed by atoms with van der Waals surface area (Å²) >= 11 is 0. The summed E-state index contributed by atoms with van der Waals surface area (Å²) in [6, 6.07) is 0. The van der Waals surface area contributed by atoms with E-state index in [9.17, 15) is 14.4 Å². The van der Waals surface area contributed by atoms with Crippen LogP contribution in [0.15, 0.2) is 17.6 Å². The number of hydrogen-bond donors (Lipinski definition) is 0. The number of rotatable bonds is 5. The predicted octanol–water partition coefficient (Wildman–Crippen LogP) is 0.0365. The lowest BCUT2D eigenvalue weighted by atomic mass is 10.2. The van der Waals surface area contributed by atoms with Crippen molar-refractivity contribution in [1.82, 2.24) is 0 Å². The van der Waals surface area contributed by atoms with Crippen LogP contribution in [0.2, 0.25) is 0 Å². The van der Waals surface area contributed by atoms with Gasteiger partial charge in [-0.3, -0.25) is 9.59 Å². The molecule has 0 aromatic heterocycles. The van der Waals surface area contributed by atoms with Gasteiger partial charge in [0.15, 0.2) is 0 Å². The highest BCUT2D eigenvalue weighted by atomic mass is 16.2. The van der Waals surface area contributed by atoms with Crippen LogP contribution in [0.5, 0.6) is 0 Å². The summed E-state index contributed by atoms with van der Waals surface area (Å²) in [5.74, 6) is -1.23. The van der Waals surface area contributed by atoms with Gasteiger partial charge in [0, 0.05) is 6.42 Å². The van der Waals surface area contributed by atoms with Crippen LogP contribution in [0.1, 0.15) is 6.42 Å². The zero-order valence-corrected chi connectivity index (χ0v) is 5.87. The van der Waals surface area contributed by atoms with Crippen molar-refractivity contribution in [3.63, 3.8) is 0 Å². The van der Waals surface area contributed by atoms with Crippen molar-refractivity contribution in [3.8, 4) is 0 Å². The average molecular weight is 153 g/mol. The first-order valence-corrected chi connectivity index (χ1v) is 2.95. The van der Waals surface area contributed by atoms with Gasteiger partial charge in [0.25, 0.3) is 0 Å². The van der Waals surface area contributed by atoms with Gasteiger partial charge in [0.1, 0.15) is 0 Å². The molecule has 11 heavy (non-hydrogen) atoms. The highest BCUT2D eigenvalue weighted by Crippen LogP contribution is 1.86. The first-order valence-electron chi connectivity index (χ1n) is 2.95. The smallest absolute Gasteiger partial charge is 0.234 e. The van der Waals surface area contributed by atoms with E-state index < -0.39 is 11.6 Å². The van der Waals surface area contributed by atoms with Crippen LogP contribution in [0.3, 0.4) is 0 Å². The molecule has 0 saturated carbocycles. The zero-order chi connectivity index (χ0) is 8.69. The Morgan fingerprint density at radius 2 is 2.18 bits per heavy atom. The number of carbonyl (C=O) groups is 2. The Balaban J connectivity index is 3.78. The Morgan fingerprint density at radius 3 is 2.64 bits per heavy atom. The summed E-state index contributed by atoms with van der Waals surface area (Å²) in [5.41, 5.74) is 0. The molecule has 0 amide bonds. The first kappa shape index (κ1) is 9.46. The lowest BCUT2D eigenvalue weighted by Crippen LogP contribution is -2.11. The lowest BCUT2D eigenvalue weighted by molar-refractivity contribution is -0.133. The molecule has 0 rings (SSSR count). The molecule has 0 N–H and O–H groups in total. The summed E-state index contributed by atoms with van der Waals surface area (Å²) in [4.78, 5) is 33.8. The third-order valence-corrected chi connectivity index (χ3v) is 0.975. The first-order chi connectivity index (χ1) is 5.22. The van der Waals surface area contributed by atoms with Gasteiger partial charge >= 0.3 is 0 Å². The Labute approximate surface area is 63.6 Å². The molecular weight excluding hydrogens is 146 g/mol. The molecule has 0 atom stereocenters. The van der Waals surface area contributed by atoms with Gasteiger partial charge < -0.3 is 0 Å². The summed E-state index contributed by atoms with van der Waals surface area (Å²) in [5, 5.41) is 0. The molecule has 0 radical (unpaired) electrons. The zero-order valence-electron chi connectivity index (χ0n) is 5.87. The number of hydrogen-bond acceptors (Lipinski definition) is 4. The Hall–Kier alpha value is -1.54. The largest absolute Gasteiger partial charge is 0.290 e. The monoisotopic (exact) mass is 153 g/mol. The van der Waals surface area contributed by atoms with Crippen LogP contribution in [-0.4, -0.2) is 24.2 Å². The topological polar surface area (TPSA) is 63.6 Å². The fourth-order valence-corrected chi connectivity index (χ4v) is 0.440.